The largest absolute Gasteiger partial charge is 0.476 e. The van der Waals surface area contributed by atoms with Gasteiger partial charge in [-0.15, -0.1) is 0 Å². The molecule has 178 valence electrons. The van der Waals surface area contributed by atoms with Crippen LogP contribution in [-0.4, -0.2) is 51.6 Å². The van der Waals surface area contributed by atoms with Crippen LogP contribution in [0.15, 0.2) is 12.4 Å². The first kappa shape index (κ1) is 23.0. The Bertz CT molecular complexity index is 1020. The molecule has 2 N–H and O–H groups in total. The number of aromatic nitrogens is 4. The van der Waals surface area contributed by atoms with Gasteiger partial charge in [-0.05, 0) is 31.6 Å². The van der Waals surface area contributed by atoms with Gasteiger partial charge < -0.3 is 20.3 Å². The topological polar surface area (TPSA) is 105 Å². The number of fused-ring (bicyclic) bond motifs is 1. The molecule has 1 amide bonds. The summed E-state index contributed by atoms with van der Waals surface area (Å²) < 4.78 is 43.1. The number of nitrogens with one attached hydrogen (secondary N) is 2. The number of hydrogen-bond acceptors (Lipinski definition) is 8. The zero-order valence-corrected chi connectivity index (χ0v) is 18.8. The van der Waals surface area contributed by atoms with Crippen LogP contribution in [0.25, 0.3) is 0 Å². The summed E-state index contributed by atoms with van der Waals surface area (Å²) in [5.74, 6) is 1.54. The van der Waals surface area contributed by atoms with E-state index < -0.39 is 11.9 Å². The molecule has 1 atom stereocenters. The average Bonchev–Trinajstić information content (AvgIpc) is 2.70. The summed E-state index contributed by atoms with van der Waals surface area (Å²) in [7, 11) is 1.86. The molecule has 1 saturated carbocycles. The molecule has 2 aromatic rings. The van der Waals surface area contributed by atoms with Gasteiger partial charge in [0.05, 0.1) is 24.7 Å². The van der Waals surface area contributed by atoms with Gasteiger partial charge in [0, 0.05) is 13.1 Å². The molecule has 12 heteroatoms. The lowest BCUT2D eigenvalue weighted by Gasteiger charge is -2.38. The zero-order chi connectivity index (χ0) is 23.9. The first-order chi connectivity index (χ1) is 15.5. The lowest BCUT2D eigenvalue weighted by molar-refractivity contribution is -0.141. The van der Waals surface area contributed by atoms with Gasteiger partial charge in [-0.25, -0.2) is 15.0 Å². The monoisotopic (exact) mass is 465 g/mol. The molecular formula is C21H26F3N7O2. The number of aryl methyl sites for hydroxylation is 1. The number of alkyl halides is 3. The third-order valence-corrected chi connectivity index (χ3v) is 5.92. The predicted octanol–water partition coefficient (Wildman–Crippen LogP) is 3.28. The summed E-state index contributed by atoms with van der Waals surface area (Å²) in [5, 5.41) is 6.25. The molecule has 0 bridgehead atoms. The van der Waals surface area contributed by atoms with Crippen molar-refractivity contribution in [2.24, 2.45) is 11.8 Å². The van der Waals surface area contributed by atoms with Crippen LogP contribution in [0, 0.1) is 18.8 Å². The van der Waals surface area contributed by atoms with Crippen molar-refractivity contribution >= 4 is 23.4 Å². The summed E-state index contributed by atoms with van der Waals surface area (Å²) in [4.78, 5) is 30.5. The van der Waals surface area contributed by atoms with Gasteiger partial charge in [0.1, 0.15) is 11.7 Å². The summed E-state index contributed by atoms with van der Waals surface area (Å²) in [6, 6.07) is -0.155. The smallest absolute Gasteiger partial charge is 0.434 e. The number of likely N-dealkylation sites (N-methyl/N-ethyl adjacent to an activating group) is 1. The summed E-state index contributed by atoms with van der Waals surface area (Å²) in [6.07, 6.45) is -1.27. The lowest BCUT2D eigenvalue weighted by atomic mass is 9.81. The van der Waals surface area contributed by atoms with Crippen LogP contribution >= 0.6 is 0 Å². The maximum atomic E-state index is 12.5. The van der Waals surface area contributed by atoms with Crippen molar-refractivity contribution in [2.75, 3.05) is 29.2 Å². The number of hydrogen-bond donors (Lipinski definition) is 2. The molecule has 1 aliphatic heterocycles. The van der Waals surface area contributed by atoms with Gasteiger partial charge in [-0.1, -0.05) is 13.8 Å². The van der Waals surface area contributed by atoms with Crippen molar-refractivity contribution in [1.29, 1.82) is 0 Å². The summed E-state index contributed by atoms with van der Waals surface area (Å²) in [5.41, 5.74) is 0.264. The standard InChI is InChI=1S/C21H26F3N7O2/c1-10(2)17-19(32)29-16-11(3)27-20(30-18(16)31(17)4)28-13-5-12(6-13)9-33-15-8-25-14(7-26-15)21(22,23)24/h7-8,10,12-13,17H,5-6,9H2,1-4H3,(H,29,32)(H,27,28,30). The molecule has 33 heavy (non-hydrogen) atoms. The quantitative estimate of drug-likeness (QED) is 0.670. The lowest BCUT2D eigenvalue weighted by Crippen LogP contribution is -2.50. The highest BCUT2D eigenvalue weighted by molar-refractivity contribution is 6.03. The molecule has 0 spiro atoms. The minimum atomic E-state index is -4.52. The second-order valence-corrected chi connectivity index (χ2v) is 8.85. The van der Waals surface area contributed by atoms with E-state index in [0.717, 1.165) is 19.0 Å². The Morgan fingerprint density at radius 1 is 1.24 bits per heavy atom. The Kier molecular flexibility index (Phi) is 6.02. The third kappa shape index (κ3) is 4.79. The second kappa shape index (κ2) is 8.64. The van der Waals surface area contributed by atoms with Crippen LogP contribution < -0.4 is 20.3 Å². The molecule has 9 nitrogen and oxygen atoms in total. The van der Waals surface area contributed by atoms with E-state index in [2.05, 4.69) is 30.6 Å². The van der Waals surface area contributed by atoms with Crippen molar-refractivity contribution in [3.8, 4) is 5.88 Å². The number of rotatable bonds is 6. The van der Waals surface area contributed by atoms with Gasteiger partial charge in [0.15, 0.2) is 11.5 Å². The normalized spacial score (nSPS) is 22.5. The van der Waals surface area contributed by atoms with Crippen molar-refractivity contribution < 1.29 is 22.7 Å². The maximum Gasteiger partial charge on any atom is 0.434 e. The van der Waals surface area contributed by atoms with Gasteiger partial charge in [-0.2, -0.15) is 18.2 Å². The van der Waals surface area contributed by atoms with Crippen LogP contribution in [0.1, 0.15) is 38.1 Å². The fourth-order valence-electron chi connectivity index (χ4n) is 4.19. The molecule has 4 rings (SSSR count). The van der Waals surface area contributed by atoms with Crippen LogP contribution in [0.2, 0.25) is 0 Å². The highest BCUT2D eigenvalue weighted by Gasteiger charge is 2.36. The van der Waals surface area contributed by atoms with Gasteiger partial charge in [0.2, 0.25) is 17.7 Å². The van der Waals surface area contributed by atoms with Gasteiger partial charge in [0.25, 0.3) is 0 Å². The number of halogens is 3. The first-order valence-electron chi connectivity index (χ1n) is 10.7. The van der Waals surface area contributed by atoms with Crippen LogP contribution in [0.5, 0.6) is 5.88 Å². The molecule has 3 heterocycles. The number of anilines is 3. The number of ether oxygens (including phenoxy) is 1. The van der Waals surface area contributed by atoms with Crippen LogP contribution in [-0.2, 0) is 11.0 Å². The van der Waals surface area contributed by atoms with E-state index in [4.69, 9.17) is 4.74 Å². The van der Waals surface area contributed by atoms with Gasteiger partial charge in [-0.3, -0.25) is 4.79 Å². The Hall–Kier alpha value is -3.18. The SMILES string of the molecule is Cc1nc(NC2CC(COc3cnc(C(F)(F)F)cn3)C2)nc2c1NC(=O)C(C(C)C)N2C. The molecule has 0 saturated heterocycles. The highest BCUT2D eigenvalue weighted by atomic mass is 19.4. The fourth-order valence-corrected chi connectivity index (χ4v) is 4.19. The highest BCUT2D eigenvalue weighted by Crippen LogP contribution is 2.36. The average molecular weight is 465 g/mol. The van der Waals surface area contributed by atoms with Gasteiger partial charge >= 0.3 is 6.18 Å². The van der Waals surface area contributed by atoms with Crippen molar-refractivity contribution in [3.63, 3.8) is 0 Å². The van der Waals surface area contributed by atoms with E-state index in [9.17, 15) is 18.0 Å². The number of carbonyl (C=O) groups excluding carboxylic acids is 1. The minimum absolute atomic E-state index is 0.0630. The Morgan fingerprint density at radius 2 is 1.97 bits per heavy atom. The summed E-state index contributed by atoms with van der Waals surface area (Å²) in [6.45, 7) is 6.16. The fraction of sp³-hybridized carbons (Fsp3) is 0.571. The Balaban J connectivity index is 1.32. The Labute approximate surface area is 189 Å². The van der Waals surface area contributed by atoms with E-state index in [-0.39, 0.29) is 35.7 Å². The molecule has 1 unspecified atom stereocenters. The zero-order valence-electron chi connectivity index (χ0n) is 18.8. The number of nitrogens with zero attached hydrogens (tertiary/aromatic N) is 5. The van der Waals surface area contributed by atoms with Crippen LogP contribution in [0.3, 0.4) is 0 Å². The van der Waals surface area contributed by atoms with Crippen LogP contribution in [0.4, 0.5) is 30.6 Å². The van der Waals surface area contributed by atoms with E-state index in [1.165, 1.54) is 0 Å². The molecule has 0 aromatic carbocycles. The molecule has 1 aliphatic carbocycles. The van der Waals surface area contributed by atoms with E-state index >= 15 is 0 Å². The second-order valence-electron chi connectivity index (χ2n) is 8.85. The van der Waals surface area contributed by atoms with Crippen molar-refractivity contribution in [1.82, 2.24) is 19.9 Å². The number of carbonyl (C=O) groups is 1. The van der Waals surface area contributed by atoms with E-state index in [1.807, 2.05) is 32.7 Å². The summed E-state index contributed by atoms with van der Waals surface area (Å²) >= 11 is 0. The predicted molar refractivity (Wildman–Crippen MR) is 115 cm³/mol. The van der Waals surface area contributed by atoms with Crippen molar-refractivity contribution in [3.05, 3.63) is 23.8 Å². The molecule has 0 radical (unpaired) electrons. The number of amides is 1. The third-order valence-electron chi connectivity index (χ3n) is 5.92. The van der Waals surface area contributed by atoms with Crippen molar-refractivity contribution in [2.45, 2.75) is 51.9 Å². The molecule has 2 aromatic heterocycles. The minimum Gasteiger partial charge on any atom is -0.476 e. The van der Waals surface area contributed by atoms with E-state index in [1.54, 1.807) is 0 Å². The Morgan fingerprint density at radius 3 is 2.58 bits per heavy atom. The molecule has 2 aliphatic rings. The molecule has 1 fully saturated rings. The first-order valence-corrected chi connectivity index (χ1v) is 10.7. The van der Waals surface area contributed by atoms with E-state index in [0.29, 0.717) is 36.0 Å². The molecular weight excluding hydrogens is 439 g/mol. The maximum absolute atomic E-state index is 12.5.